The molecule has 0 unspecified atom stereocenters. The number of hydrogen-bond donors (Lipinski definition) is 6. The van der Waals surface area contributed by atoms with E-state index >= 15 is 0 Å². The molecule has 22 heavy (non-hydrogen) atoms. The molecule has 0 aromatic carbocycles. The molecule has 9 nitrogen and oxygen atoms in total. The fourth-order valence-corrected chi connectivity index (χ4v) is 5.80. The third-order valence-electron chi connectivity index (χ3n) is 3.22. The van der Waals surface area contributed by atoms with Crippen molar-refractivity contribution < 1.29 is 33.5 Å². The zero-order chi connectivity index (χ0) is 16.8. The van der Waals surface area contributed by atoms with Crippen LogP contribution in [0.25, 0.3) is 0 Å². The van der Waals surface area contributed by atoms with Gasteiger partial charge in [-0.25, -0.2) is 0 Å². The molecule has 12 heteroatoms. The summed E-state index contributed by atoms with van der Waals surface area (Å²) in [5.41, 5.74) is 0. The Labute approximate surface area is 133 Å². The Balaban J connectivity index is 2.20. The number of carbonyl (C=O) groups is 1. The van der Waals surface area contributed by atoms with Gasteiger partial charge in [0, 0.05) is 12.3 Å². The first kappa shape index (κ1) is 20.1. The Bertz CT molecular complexity index is 438. The topological polar surface area (TPSA) is 156 Å². The average molecular weight is 376 g/mol. The number of hydrogen-bond acceptors (Lipinski definition) is 5. The summed E-state index contributed by atoms with van der Waals surface area (Å²) in [6.07, 6.45) is 1.50. The number of amides is 1. The van der Waals surface area contributed by atoms with Crippen LogP contribution in [0, 0.1) is 0 Å². The van der Waals surface area contributed by atoms with Crippen molar-refractivity contribution in [3.63, 3.8) is 0 Å². The molecule has 1 saturated heterocycles. The maximum Gasteiger partial charge on any atom is 0.340 e. The highest BCUT2D eigenvalue weighted by molar-refractivity contribution is 7.99. The van der Waals surface area contributed by atoms with Crippen molar-refractivity contribution in [2.24, 2.45) is 0 Å². The van der Waals surface area contributed by atoms with Crippen molar-refractivity contribution in [1.29, 1.82) is 0 Å². The lowest BCUT2D eigenvalue weighted by atomic mass is 10.2. The van der Waals surface area contributed by atoms with Crippen molar-refractivity contribution in [1.82, 2.24) is 10.6 Å². The molecule has 6 N–H and O–H groups in total. The third-order valence-corrected chi connectivity index (χ3v) is 8.11. The van der Waals surface area contributed by atoms with Crippen LogP contribution in [0.3, 0.4) is 0 Å². The summed E-state index contributed by atoms with van der Waals surface area (Å²) in [4.78, 5) is 47.5. The van der Waals surface area contributed by atoms with Crippen molar-refractivity contribution in [3.8, 4) is 0 Å². The van der Waals surface area contributed by atoms with Gasteiger partial charge < -0.3 is 30.2 Å². The van der Waals surface area contributed by atoms with E-state index in [0.29, 0.717) is 12.3 Å². The zero-order valence-electron chi connectivity index (χ0n) is 11.9. The van der Waals surface area contributed by atoms with Crippen LogP contribution < -0.4 is 10.6 Å². The molecule has 1 aliphatic rings. The van der Waals surface area contributed by atoms with Crippen molar-refractivity contribution in [2.75, 3.05) is 24.6 Å². The van der Waals surface area contributed by atoms with Crippen LogP contribution in [0.5, 0.6) is 0 Å². The second-order valence-electron chi connectivity index (χ2n) is 5.00. The molecule has 1 atom stereocenters. The Morgan fingerprint density at radius 2 is 1.86 bits per heavy atom. The molecule has 0 aromatic rings. The van der Waals surface area contributed by atoms with Crippen molar-refractivity contribution in [2.45, 2.75) is 30.7 Å². The molecule has 1 amide bonds. The number of carbonyl (C=O) groups excluding carboxylic acids is 1. The molecular formula is C10H22N2O7P2S. The van der Waals surface area contributed by atoms with E-state index in [1.807, 2.05) is 0 Å². The van der Waals surface area contributed by atoms with Gasteiger partial charge in [-0.15, -0.1) is 0 Å². The molecule has 0 aromatic heterocycles. The quantitative estimate of drug-likeness (QED) is 0.234. The van der Waals surface area contributed by atoms with Gasteiger partial charge in [-0.1, -0.05) is 0 Å². The normalized spacial score (nSPS) is 19.6. The van der Waals surface area contributed by atoms with Crippen LogP contribution in [-0.4, -0.2) is 61.5 Å². The Morgan fingerprint density at radius 1 is 1.23 bits per heavy atom. The van der Waals surface area contributed by atoms with Crippen LogP contribution in [-0.2, 0) is 13.9 Å². The van der Waals surface area contributed by atoms with E-state index in [1.54, 1.807) is 0 Å². The molecule has 0 spiro atoms. The largest absolute Gasteiger partial charge is 0.354 e. The van der Waals surface area contributed by atoms with Crippen LogP contribution >= 0.6 is 27.0 Å². The maximum atomic E-state index is 11.7. The standard InChI is InChI=1S/C10H22N2O7P2S/c13-10(8-2-1-4-11-8)12-5-7-22-6-3-9(20(14,15)16)21(17,18)19/h8-9,11H,1-7H2,(H,12,13)(H2,14,15,16)(H2,17,18,19)/t8-/m0/s1. The maximum absolute atomic E-state index is 11.7. The highest BCUT2D eigenvalue weighted by Crippen LogP contribution is 2.61. The summed E-state index contributed by atoms with van der Waals surface area (Å²) in [5, 5.41) is 3.85. The van der Waals surface area contributed by atoms with Gasteiger partial charge in [0.25, 0.3) is 0 Å². The second kappa shape index (κ2) is 8.80. The van der Waals surface area contributed by atoms with Gasteiger partial charge >= 0.3 is 15.2 Å². The van der Waals surface area contributed by atoms with Gasteiger partial charge in [0.05, 0.1) is 6.04 Å². The fraction of sp³-hybridized carbons (Fsp3) is 0.900. The SMILES string of the molecule is O=C(NCCSCCC(P(=O)(O)O)P(=O)(O)O)[C@@H]1CCCN1. The first-order valence-electron chi connectivity index (χ1n) is 6.81. The summed E-state index contributed by atoms with van der Waals surface area (Å²) < 4.78 is 22.1. The first-order valence-corrected chi connectivity index (χ1v) is 11.3. The minimum Gasteiger partial charge on any atom is -0.354 e. The van der Waals surface area contributed by atoms with Gasteiger partial charge in [-0.05, 0) is 31.6 Å². The number of nitrogens with one attached hydrogen (secondary N) is 2. The Morgan fingerprint density at radius 3 is 2.36 bits per heavy atom. The highest BCUT2D eigenvalue weighted by Gasteiger charge is 2.42. The van der Waals surface area contributed by atoms with Crippen LogP contribution in [0.1, 0.15) is 19.3 Å². The Hall–Kier alpha value is 0.0800. The molecular weight excluding hydrogens is 354 g/mol. The lowest BCUT2D eigenvalue weighted by molar-refractivity contribution is -0.122. The summed E-state index contributed by atoms with van der Waals surface area (Å²) in [7, 11) is -9.68. The monoisotopic (exact) mass is 376 g/mol. The van der Waals surface area contributed by atoms with Crippen LogP contribution in [0.15, 0.2) is 0 Å². The first-order chi connectivity index (χ1) is 10.1. The summed E-state index contributed by atoms with van der Waals surface area (Å²) >= 11 is 1.28. The predicted molar refractivity (Wildman–Crippen MR) is 83.9 cm³/mol. The fourth-order valence-electron chi connectivity index (χ4n) is 2.10. The molecule has 130 valence electrons. The van der Waals surface area contributed by atoms with Gasteiger partial charge in [0.2, 0.25) is 5.91 Å². The van der Waals surface area contributed by atoms with E-state index in [4.69, 9.17) is 19.6 Å². The van der Waals surface area contributed by atoms with Gasteiger partial charge in [0.1, 0.15) is 0 Å². The smallest absolute Gasteiger partial charge is 0.340 e. The summed E-state index contributed by atoms with van der Waals surface area (Å²) in [5.74, 6) is 0.632. The molecule has 0 radical (unpaired) electrons. The third kappa shape index (κ3) is 7.10. The number of rotatable bonds is 9. The minimum absolute atomic E-state index is 0.0681. The van der Waals surface area contributed by atoms with E-state index in [0.717, 1.165) is 19.4 Å². The van der Waals surface area contributed by atoms with E-state index in [-0.39, 0.29) is 24.1 Å². The summed E-state index contributed by atoms with van der Waals surface area (Å²) in [6, 6.07) is -0.154. The lowest BCUT2D eigenvalue weighted by Crippen LogP contribution is -2.41. The van der Waals surface area contributed by atoms with E-state index in [1.165, 1.54) is 11.8 Å². The molecule has 1 heterocycles. The van der Waals surface area contributed by atoms with Crippen LogP contribution in [0.4, 0.5) is 0 Å². The van der Waals surface area contributed by atoms with E-state index in [2.05, 4.69) is 10.6 Å². The number of thioether (sulfide) groups is 1. The average Bonchev–Trinajstić information content (AvgIpc) is 2.87. The van der Waals surface area contributed by atoms with Gasteiger partial charge in [-0.3, -0.25) is 13.9 Å². The molecule has 1 aliphatic heterocycles. The second-order valence-corrected chi connectivity index (χ2v) is 10.2. The lowest BCUT2D eigenvalue weighted by Gasteiger charge is -2.19. The van der Waals surface area contributed by atoms with Crippen molar-refractivity contribution in [3.05, 3.63) is 0 Å². The molecule has 0 bridgehead atoms. The Kier molecular flexibility index (Phi) is 8.05. The molecule has 1 rings (SSSR count). The van der Waals surface area contributed by atoms with E-state index < -0.39 is 20.6 Å². The van der Waals surface area contributed by atoms with Crippen LogP contribution in [0.2, 0.25) is 0 Å². The molecule has 0 aliphatic carbocycles. The van der Waals surface area contributed by atoms with Gasteiger partial charge in [-0.2, -0.15) is 11.8 Å². The van der Waals surface area contributed by atoms with Crippen molar-refractivity contribution >= 4 is 32.9 Å². The minimum atomic E-state index is -4.84. The molecule has 1 fully saturated rings. The van der Waals surface area contributed by atoms with Gasteiger partial charge in [0.15, 0.2) is 5.40 Å². The van der Waals surface area contributed by atoms with E-state index in [9.17, 15) is 13.9 Å². The zero-order valence-corrected chi connectivity index (χ0v) is 14.5. The summed E-state index contributed by atoms with van der Waals surface area (Å²) in [6.45, 7) is 1.23. The predicted octanol–water partition coefficient (Wildman–Crippen LogP) is -0.341. The highest BCUT2D eigenvalue weighted by atomic mass is 32.2. The molecule has 0 saturated carbocycles.